The van der Waals surface area contributed by atoms with Gasteiger partial charge in [0, 0.05) is 33.1 Å². The van der Waals surface area contributed by atoms with Gasteiger partial charge in [-0.15, -0.1) is 0 Å². The average molecular weight is 518 g/mol. The van der Waals surface area contributed by atoms with Crippen LogP contribution in [-0.2, 0) is 16.3 Å². The SMILES string of the molecule is CS(N)(=O)=Cc1cccc(Nc2ncnc(-c3ccc(F)cc3OCc3cc(F)c(F)c(F)c3)n2)c1. The van der Waals surface area contributed by atoms with Crippen LogP contribution in [-0.4, -0.2) is 30.8 Å². The number of aromatic nitrogens is 3. The zero-order valence-electron chi connectivity index (χ0n) is 18.7. The lowest BCUT2D eigenvalue weighted by atomic mass is 10.1. The van der Waals surface area contributed by atoms with E-state index in [-0.39, 0.29) is 35.3 Å². The predicted octanol–water partition coefficient (Wildman–Crippen LogP) is 4.36. The molecule has 3 N–H and O–H groups in total. The number of rotatable bonds is 7. The molecule has 0 saturated carbocycles. The third kappa shape index (κ3) is 6.34. The Bertz CT molecular complexity index is 1530. The molecular weight excluding hydrogens is 498 g/mol. The molecule has 36 heavy (non-hydrogen) atoms. The largest absolute Gasteiger partial charge is 0.488 e. The highest BCUT2D eigenvalue weighted by Gasteiger charge is 2.15. The van der Waals surface area contributed by atoms with Gasteiger partial charge in [0.25, 0.3) is 0 Å². The Labute approximate surface area is 204 Å². The smallest absolute Gasteiger partial charge is 0.230 e. The van der Waals surface area contributed by atoms with E-state index in [1.165, 1.54) is 30.1 Å². The lowest BCUT2D eigenvalue weighted by molar-refractivity contribution is 0.303. The van der Waals surface area contributed by atoms with Crippen molar-refractivity contribution in [2.45, 2.75) is 6.61 Å². The number of benzene rings is 3. The van der Waals surface area contributed by atoms with E-state index in [4.69, 9.17) is 9.88 Å². The molecule has 1 heterocycles. The number of halogens is 4. The third-order valence-electron chi connectivity index (χ3n) is 4.71. The van der Waals surface area contributed by atoms with Crippen LogP contribution < -0.4 is 15.2 Å². The summed E-state index contributed by atoms with van der Waals surface area (Å²) in [7, 11) is -2.60. The monoisotopic (exact) mass is 517 g/mol. The second-order valence-electron chi connectivity index (χ2n) is 7.77. The number of hydrogen-bond acceptors (Lipinski definition) is 6. The van der Waals surface area contributed by atoms with Crippen LogP contribution >= 0.6 is 0 Å². The van der Waals surface area contributed by atoms with Gasteiger partial charge in [-0.1, -0.05) is 12.1 Å². The summed E-state index contributed by atoms with van der Waals surface area (Å²) in [6, 6.07) is 12.1. The maximum Gasteiger partial charge on any atom is 0.230 e. The first kappa shape index (κ1) is 25.1. The summed E-state index contributed by atoms with van der Waals surface area (Å²) in [5, 5.41) is 10.0. The van der Waals surface area contributed by atoms with Gasteiger partial charge in [0.05, 0.1) is 5.56 Å². The van der Waals surface area contributed by atoms with Gasteiger partial charge in [0.15, 0.2) is 23.3 Å². The van der Waals surface area contributed by atoms with Crippen LogP contribution in [0.5, 0.6) is 5.75 Å². The molecule has 4 aromatic rings. The van der Waals surface area contributed by atoms with Gasteiger partial charge < -0.3 is 10.1 Å². The van der Waals surface area contributed by atoms with E-state index in [1.807, 2.05) is 0 Å². The Hall–Kier alpha value is -4.03. The Morgan fingerprint density at radius 2 is 1.78 bits per heavy atom. The van der Waals surface area contributed by atoms with Crippen LogP contribution in [0.4, 0.5) is 29.2 Å². The molecule has 0 spiro atoms. The molecule has 186 valence electrons. The lowest BCUT2D eigenvalue weighted by Gasteiger charge is -2.12. The Morgan fingerprint density at radius 1 is 1.03 bits per heavy atom. The zero-order chi connectivity index (χ0) is 25.9. The van der Waals surface area contributed by atoms with Gasteiger partial charge in [-0.05, 0) is 47.5 Å². The van der Waals surface area contributed by atoms with Crippen LogP contribution in [0, 0.1) is 23.3 Å². The van der Waals surface area contributed by atoms with Crippen molar-refractivity contribution in [2.24, 2.45) is 5.14 Å². The van der Waals surface area contributed by atoms with Crippen molar-refractivity contribution in [2.75, 3.05) is 11.6 Å². The Morgan fingerprint density at radius 3 is 2.50 bits per heavy atom. The second kappa shape index (κ2) is 10.3. The summed E-state index contributed by atoms with van der Waals surface area (Å²) in [5.74, 6) is -4.68. The molecule has 1 unspecified atom stereocenters. The molecule has 12 heteroatoms. The summed E-state index contributed by atoms with van der Waals surface area (Å²) in [6.07, 6.45) is 2.65. The van der Waals surface area contributed by atoms with Gasteiger partial charge in [0.1, 0.15) is 24.5 Å². The Balaban J connectivity index is 1.60. The molecule has 0 radical (unpaired) electrons. The van der Waals surface area contributed by atoms with Crippen molar-refractivity contribution in [3.8, 4) is 17.1 Å². The van der Waals surface area contributed by atoms with Gasteiger partial charge in [0.2, 0.25) is 5.95 Å². The number of anilines is 2. The van der Waals surface area contributed by atoms with E-state index in [2.05, 4.69) is 20.3 Å². The maximum atomic E-state index is 13.9. The van der Waals surface area contributed by atoms with Gasteiger partial charge in [-0.3, -0.25) is 9.35 Å². The summed E-state index contributed by atoms with van der Waals surface area (Å²) in [5.41, 5.74) is 1.50. The fourth-order valence-electron chi connectivity index (χ4n) is 3.23. The highest BCUT2D eigenvalue weighted by molar-refractivity contribution is 7.98. The first-order valence-corrected chi connectivity index (χ1v) is 12.4. The topological polar surface area (TPSA) is 103 Å². The van der Waals surface area contributed by atoms with E-state index in [9.17, 15) is 21.8 Å². The number of hydrogen-bond donors (Lipinski definition) is 2. The molecule has 1 atom stereocenters. The standard InChI is InChI=1S/C24H19F4N5O2S/c1-36(29,34)12-14-3-2-4-17(7-14)32-24-31-13-30-23(33-24)18-6-5-16(25)10-21(18)35-11-15-8-19(26)22(28)20(27)9-15/h2-10,12-13H,11H2,1H3,(H2,29,34)(H,30,31,32,33). The van der Waals surface area contributed by atoms with Crippen LogP contribution in [0.25, 0.3) is 11.4 Å². The van der Waals surface area contributed by atoms with Crippen molar-refractivity contribution in [1.29, 1.82) is 0 Å². The minimum atomic E-state index is -2.60. The molecule has 7 nitrogen and oxygen atoms in total. The molecular formula is C24H19F4N5O2S. The van der Waals surface area contributed by atoms with Crippen molar-refractivity contribution < 1.29 is 26.5 Å². The normalized spacial score (nSPS) is 12.6. The first-order chi connectivity index (χ1) is 17.1. The zero-order valence-corrected chi connectivity index (χ0v) is 19.5. The fraction of sp³-hybridized carbons (Fsp3) is 0.0833. The molecule has 0 saturated heterocycles. The van der Waals surface area contributed by atoms with Gasteiger partial charge >= 0.3 is 0 Å². The summed E-state index contributed by atoms with van der Waals surface area (Å²) < 4.78 is 71.6. The number of nitrogens with one attached hydrogen (secondary N) is 1. The molecule has 1 aromatic heterocycles. The molecule has 0 fully saturated rings. The molecule has 3 aromatic carbocycles. The highest BCUT2D eigenvalue weighted by atomic mass is 32.2. The number of nitrogens with zero attached hydrogens (tertiary/aromatic N) is 3. The lowest BCUT2D eigenvalue weighted by Crippen LogP contribution is -2.13. The first-order valence-electron chi connectivity index (χ1n) is 10.3. The van der Waals surface area contributed by atoms with Gasteiger partial charge in [-0.25, -0.2) is 27.5 Å². The molecule has 0 amide bonds. The number of nitrogens with two attached hydrogens (primary N) is 1. The van der Waals surface area contributed by atoms with Crippen LogP contribution in [0.15, 0.2) is 60.9 Å². The third-order valence-corrected chi connectivity index (χ3v) is 5.45. The van der Waals surface area contributed by atoms with E-state index in [1.54, 1.807) is 24.3 Å². The minimum absolute atomic E-state index is 0.00444. The second-order valence-corrected chi connectivity index (χ2v) is 9.94. The van der Waals surface area contributed by atoms with Crippen LogP contribution in [0.1, 0.15) is 11.1 Å². The molecule has 4 rings (SSSR count). The number of ether oxygens (including phenoxy) is 1. The van der Waals surface area contributed by atoms with Crippen molar-refractivity contribution in [3.63, 3.8) is 0 Å². The molecule has 0 aliphatic heterocycles. The fourth-order valence-corrected chi connectivity index (χ4v) is 3.92. The average Bonchev–Trinajstić information content (AvgIpc) is 2.80. The predicted molar refractivity (Wildman–Crippen MR) is 129 cm³/mol. The Kier molecular flexibility index (Phi) is 7.17. The summed E-state index contributed by atoms with van der Waals surface area (Å²) in [6.45, 7) is -0.369. The molecule has 0 bridgehead atoms. The maximum absolute atomic E-state index is 13.9. The minimum Gasteiger partial charge on any atom is -0.488 e. The van der Waals surface area contributed by atoms with Crippen LogP contribution in [0.2, 0.25) is 0 Å². The highest BCUT2D eigenvalue weighted by Crippen LogP contribution is 2.30. The van der Waals surface area contributed by atoms with E-state index in [0.717, 1.165) is 18.2 Å². The van der Waals surface area contributed by atoms with E-state index in [0.29, 0.717) is 11.3 Å². The summed E-state index contributed by atoms with van der Waals surface area (Å²) in [4.78, 5) is 12.5. The van der Waals surface area contributed by atoms with Crippen LogP contribution in [0.3, 0.4) is 0 Å². The quantitative estimate of drug-likeness (QED) is 0.215. The molecule has 0 aliphatic carbocycles. The van der Waals surface area contributed by atoms with Gasteiger partial charge in [-0.2, -0.15) is 4.98 Å². The van der Waals surface area contributed by atoms with Crippen molar-refractivity contribution >= 4 is 26.7 Å². The van der Waals surface area contributed by atoms with E-state index < -0.39 is 33.0 Å². The summed E-state index contributed by atoms with van der Waals surface area (Å²) >= 11 is 0. The van der Waals surface area contributed by atoms with E-state index >= 15 is 0 Å². The molecule has 0 aliphatic rings. The van der Waals surface area contributed by atoms with Crippen molar-refractivity contribution in [3.05, 3.63) is 95.3 Å². The van der Waals surface area contributed by atoms with Crippen molar-refractivity contribution in [1.82, 2.24) is 15.0 Å².